The van der Waals surface area contributed by atoms with Gasteiger partial charge in [-0.2, -0.15) is 0 Å². The summed E-state index contributed by atoms with van der Waals surface area (Å²) < 4.78 is 0. The summed E-state index contributed by atoms with van der Waals surface area (Å²) in [6, 6.07) is 16.8. The average Bonchev–Trinajstić information content (AvgIpc) is 2.63. The van der Waals surface area contributed by atoms with E-state index in [1.54, 1.807) is 0 Å². The minimum Gasteiger partial charge on any atom is -0.334 e. The number of aromatic nitrogens is 2. The number of fused-ring (bicyclic) bond motifs is 1. The molecule has 0 aliphatic carbocycles. The van der Waals surface area contributed by atoms with Crippen molar-refractivity contribution in [2.45, 2.75) is 46.2 Å². The zero-order valence-electron chi connectivity index (χ0n) is 15.8. The number of benzene rings is 2. The zero-order valence-corrected chi connectivity index (χ0v) is 15.8. The van der Waals surface area contributed by atoms with Gasteiger partial charge in [-0.1, -0.05) is 63.6 Å². The van der Waals surface area contributed by atoms with Crippen LogP contribution in [0.1, 0.15) is 50.2 Å². The molecular formula is C22H28N3O+. The molecule has 3 N–H and O–H groups in total. The third-order valence-corrected chi connectivity index (χ3v) is 4.85. The fourth-order valence-corrected chi connectivity index (χ4v) is 3.46. The number of aromatic amines is 1. The molecule has 0 bridgehead atoms. The van der Waals surface area contributed by atoms with Crippen LogP contribution >= 0.6 is 0 Å². The molecule has 0 fully saturated rings. The van der Waals surface area contributed by atoms with Crippen LogP contribution in [0, 0.1) is 5.92 Å². The van der Waals surface area contributed by atoms with Crippen molar-refractivity contribution in [1.82, 2.24) is 9.97 Å². The van der Waals surface area contributed by atoms with Crippen molar-refractivity contribution >= 4 is 10.9 Å². The predicted molar refractivity (Wildman–Crippen MR) is 106 cm³/mol. The number of quaternary nitrogens is 1. The summed E-state index contributed by atoms with van der Waals surface area (Å²) in [6.45, 7) is 7.32. The van der Waals surface area contributed by atoms with Gasteiger partial charge < -0.3 is 10.3 Å². The van der Waals surface area contributed by atoms with Crippen LogP contribution in [0.3, 0.4) is 0 Å². The van der Waals surface area contributed by atoms with Gasteiger partial charge in [0.25, 0.3) is 5.56 Å². The summed E-state index contributed by atoms with van der Waals surface area (Å²) >= 11 is 0. The summed E-state index contributed by atoms with van der Waals surface area (Å²) in [5.41, 5.74) is 3.40. The molecule has 1 aromatic heterocycles. The summed E-state index contributed by atoms with van der Waals surface area (Å²) in [6.07, 6.45) is 2.29. The fourth-order valence-electron chi connectivity index (χ4n) is 3.46. The van der Waals surface area contributed by atoms with Crippen molar-refractivity contribution in [1.29, 1.82) is 0 Å². The molecule has 2 aromatic carbocycles. The lowest BCUT2D eigenvalue weighted by Gasteiger charge is -2.20. The first-order chi connectivity index (χ1) is 12.6. The largest absolute Gasteiger partial charge is 0.334 e. The molecule has 136 valence electrons. The van der Waals surface area contributed by atoms with E-state index in [1.807, 2.05) is 24.3 Å². The van der Waals surface area contributed by atoms with E-state index in [2.05, 4.69) is 60.3 Å². The number of hydrogen-bond donors (Lipinski definition) is 2. The fraction of sp³-hybridized carbons (Fsp3) is 0.364. The summed E-state index contributed by atoms with van der Waals surface area (Å²) in [4.78, 5) is 19.8. The van der Waals surface area contributed by atoms with Crippen molar-refractivity contribution in [3.8, 4) is 0 Å². The first-order valence-electron chi connectivity index (χ1n) is 9.48. The van der Waals surface area contributed by atoms with Gasteiger partial charge in [0.15, 0.2) is 5.82 Å². The molecule has 4 heteroatoms. The maximum Gasteiger partial charge on any atom is 0.258 e. The van der Waals surface area contributed by atoms with Gasteiger partial charge in [0.2, 0.25) is 0 Å². The van der Waals surface area contributed by atoms with Crippen LogP contribution in [0.2, 0.25) is 0 Å². The Labute approximate surface area is 154 Å². The third kappa shape index (κ3) is 4.20. The number of H-pyrrole nitrogens is 1. The molecule has 0 aliphatic heterocycles. The molecule has 3 rings (SSSR count). The first-order valence-corrected chi connectivity index (χ1v) is 9.48. The van der Waals surface area contributed by atoms with E-state index in [4.69, 9.17) is 0 Å². The van der Waals surface area contributed by atoms with E-state index in [0.717, 1.165) is 17.8 Å². The number of nitrogens with zero attached hydrogens (tertiary/aromatic N) is 1. The maximum atomic E-state index is 12.2. The Kier molecular flexibility index (Phi) is 5.84. The van der Waals surface area contributed by atoms with Gasteiger partial charge >= 0.3 is 0 Å². The number of para-hydroxylation sites is 1. The van der Waals surface area contributed by atoms with Gasteiger partial charge in [0.1, 0.15) is 12.6 Å². The number of nitrogens with one attached hydrogen (secondary N) is 1. The zero-order chi connectivity index (χ0) is 18.5. The van der Waals surface area contributed by atoms with Gasteiger partial charge in [-0.05, 0) is 24.1 Å². The third-order valence-electron chi connectivity index (χ3n) is 4.85. The minimum absolute atomic E-state index is 0.0657. The molecule has 26 heavy (non-hydrogen) atoms. The van der Waals surface area contributed by atoms with Crippen molar-refractivity contribution in [3.05, 3.63) is 75.8 Å². The normalized spacial score (nSPS) is 12.6. The predicted octanol–water partition coefficient (Wildman–Crippen LogP) is 3.34. The monoisotopic (exact) mass is 350 g/mol. The van der Waals surface area contributed by atoms with E-state index < -0.39 is 0 Å². The van der Waals surface area contributed by atoms with E-state index in [9.17, 15) is 4.79 Å². The highest BCUT2D eigenvalue weighted by Crippen LogP contribution is 2.19. The van der Waals surface area contributed by atoms with Crippen LogP contribution in [0.25, 0.3) is 10.9 Å². The van der Waals surface area contributed by atoms with Gasteiger partial charge in [0.05, 0.1) is 10.9 Å². The molecule has 1 atom stereocenters. The molecule has 0 saturated carbocycles. The topological polar surface area (TPSA) is 62.4 Å². The maximum absolute atomic E-state index is 12.2. The number of nitrogens with two attached hydrogens (primary N) is 1. The first kappa shape index (κ1) is 18.3. The molecule has 0 unspecified atom stereocenters. The van der Waals surface area contributed by atoms with Gasteiger partial charge in [0, 0.05) is 11.5 Å². The van der Waals surface area contributed by atoms with Gasteiger partial charge in [-0.3, -0.25) is 4.79 Å². The molecule has 4 nitrogen and oxygen atoms in total. The Balaban J connectivity index is 1.78. The number of hydrogen-bond acceptors (Lipinski definition) is 2. The molecule has 0 spiro atoms. The Morgan fingerprint density at radius 3 is 2.50 bits per heavy atom. The lowest BCUT2D eigenvalue weighted by molar-refractivity contribution is -0.718. The second-order valence-corrected chi connectivity index (χ2v) is 7.23. The van der Waals surface area contributed by atoms with Gasteiger partial charge in [-0.25, -0.2) is 4.98 Å². The second-order valence-electron chi connectivity index (χ2n) is 7.23. The van der Waals surface area contributed by atoms with E-state index >= 15 is 0 Å². The smallest absolute Gasteiger partial charge is 0.258 e. The summed E-state index contributed by atoms with van der Waals surface area (Å²) in [5.74, 6) is 1.21. The molecule has 1 heterocycles. The summed E-state index contributed by atoms with van der Waals surface area (Å²) in [5, 5.41) is 2.91. The molecule has 0 radical (unpaired) electrons. The van der Waals surface area contributed by atoms with Crippen molar-refractivity contribution < 1.29 is 5.32 Å². The van der Waals surface area contributed by atoms with E-state index in [0.29, 0.717) is 23.9 Å². The van der Waals surface area contributed by atoms with Crippen molar-refractivity contribution in [2.75, 3.05) is 0 Å². The summed E-state index contributed by atoms with van der Waals surface area (Å²) in [7, 11) is 0. The van der Waals surface area contributed by atoms with Crippen LogP contribution in [0.4, 0.5) is 0 Å². The quantitative estimate of drug-likeness (QED) is 0.686. The minimum atomic E-state index is -0.0657. The highest BCUT2D eigenvalue weighted by Gasteiger charge is 2.19. The number of aryl methyl sites for hydroxylation is 1. The highest BCUT2D eigenvalue weighted by atomic mass is 16.1. The lowest BCUT2D eigenvalue weighted by atomic mass is 9.94. The van der Waals surface area contributed by atoms with Crippen LogP contribution in [0.15, 0.2) is 53.3 Å². The SMILES string of the molecule is CCCc1ccc([C@H]([NH2+]Cc2nc3ccccc3c(=O)[nH]2)C(C)C)cc1. The Morgan fingerprint density at radius 2 is 1.81 bits per heavy atom. The highest BCUT2D eigenvalue weighted by molar-refractivity contribution is 5.77. The lowest BCUT2D eigenvalue weighted by Crippen LogP contribution is -2.85. The average molecular weight is 350 g/mol. The Hall–Kier alpha value is -2.46. The van der Waals surface area contributed by atoms with Crippen LogP contribution in [-0.4, -0.2) is 9.97 Å². The molecule has 0 aliphatic rings. The molecule has 0 saturated heterocycles. The van der Waals surface area contributed by atoms with Crippen molar-refractivity contribution in [2.24, 2.45) is 5.92 Å². The van der Waals surface area contributed by atoms with Crippen LogP contribution in [0.5, 0.6) is 0 Å². The second kappa shape index (κ2) is 8.28. The molecule has 0 amide bonds. The standard InChI is InChI=1S/C22H27N3O/c1-4-7-16-10-12-17(13-11-16)21(15(2)3)23-14-20-24-19-9-6-5-8-18(19)22(26)25-20/h5-6,8-13,15,21,23H,4,7,14H2,1-3H3,(H,24,25,26)/p+1/t21-/m1/s1. The van der Waals surface area contributed by atoms with E-state index in [-0.39, 0.29) is 5.56 Å². The van der Waals surface area contributed by atoms with Gasteiger partial charge in [-0.15, -0.1) is 0 Å². The van der Waals surface area contributed by atoms with Crippen molar-refractivity contribution in [3.63, 3.8) is 0 Å². The molecular weight excluding hydrogens is 322 g/mol. The van der Waals surface area contributed by atoms with Crippen LogP contribution in [-0.2, 0) is 13.0 Å². The Bertz CT molecular complexity index is 913. The van der Waals surface area contributed by atoms with E-state index in [1.165, 1.54) is 17.5 Å². The van der Waals surface area contributed by atoms with Crippen LogP contribution < -0.4 is 10.9 Å². The Morgan fingerprint density at radius 1 is 1.08 bits per heavy atom. The number of rotatable bonds is 7. The molecule has 3 aromatic rings.